The van der Waals surface area contributed by atoms with Crippen LogP contribution in [-0.2, 0) is 4.79 Å². The van der Waals surface area contributed by atoms with Gasteiger partial charge in [0, 0.05) is 18.7 Å². The highest BCUT2D eigenvalue weighted by molar-refractivity contribution is 7.22. The van der Waals surface area contributed by atoms with Gasteiger partial charge in [0.1, 0.15) is 0 Å². The summed E-state index contributed by atoms with van der Waals surface area (Å²) in [4.78, 5) is 27.4. The average molecular weight is 316 g/mol. The van der Waals surface area contributed by atoms with Crippen LogP contribution in [0.4, 0.5) is 10.8 Å². The SMILES string of the molecule is CC(=O)Nc1ccc2nc(NC(=O)c3cc(C)no3)sc2c1. The van der Waals surface area contributed by atoms with Crippen LogP contribution >= 0.6 is 11.3 Å². The molecule has 2 amide bonds. The molecule has 0 unspecified atom stereocenters. The van der Waals surface area contributed by atoms with E-state index in [-0.39, 0.29) is 11.7 Å². The number of benzene rings is 1. The standard InChI is InChI=1S/C14H12N4O3S/c1-7-5-11(21-18-7)13(20)17-14-16-10-4-3-9(15-8(2)19)6-12(10)22-14/h3-6H,1-2H3,(H,15,19)(H,16,17,20). The summed E-state index contributed by atoms with van der Waals surface area (Å²) in [7, 11) is 0. The lowest BCUT2D eigenvalue weighted by Gasteiger charge is -1.99. The molecule has 3 rings (SSSR count). The summed E-state index contributed by atoms with van der Waals surface area (Å²) >= 11 is 1.31. The van der Waals surface area contributed by atoms with E-state index in [1.165, 1.54) is 18.3 Å². The topological polar surface area (TPSA) is 97.1 Å². The van der Waals surface area contributed by atoms with Crippen molar-refractivity contribution in [3.8, 4) is 0 Å². The van der Waals surface area contributed by atoms with Gasteiger partial charge in [-0.1, -0.05) is 16.5 Å². The lowest BCUT2D eigenvalue weighted by Crippen LogP contribution is -2.10. The molecule has 0 bridgehead atoms. The van der Waals surface area contributed by atoms with Crippen molar-refractivity contribution in [2.45, 2.75) is 13.8 Å². The lowest BCUT2D eigenvalue weighted by atomic mass is 10.3. The zero-order valence-electron chi connectivity index (χ0n) is 11.8. The Morgan fingerprint density at radius 1 is 1.23 bits per heavy atom. The number of nitrogens with one attached hydrogen (secondary N) is 2. The Labute approximate surface area is 129 Å². The first-order valence-corrected chi connectivity index (χ1v) is 7.26. The largest absolute Gasteiger partial charge is 0.351 e. The number of anilines is 2. The van der Waals surface area contributed by atoms with Crippen LogP contribution in [-0.4, -0.2) is 22.0 Å². The first-order chi connectivity index (χ1) is 10.5. The van der Waals surface area contributed by atoms with E-state index in [2.05, 4.69) is 20.8 Å². The van der Waals surface area contributed by atoms with Gasteiger partial charge in [0.15, 0.2) is 5.13 Å². The third-order valence-electron chi connectivity index (χ3n) is 2.78. The molecule has 2 heterocycles. The Kier molecular flexibility index (Phi) is 3.60. The second kappa shape index (κ2) is 5.57. The van der Waals surface area contributed by atoms with Crippen LogP contribution < -0.4 is 10.6 Å². The maximum atomic E-state index is 12.0. The lowest BCUT2D eigenvalue weighted by molar-refractivity contribution is -0.114. The van der Waals surface area contributed by atoms with Crippen LogP contribution in [0, 0.1) is 6.92 Å². The number of rotatable bonds is 3. The molecular formula is C14H12N4O3S. The normalized spacial score (nSPS) is 10.6. The van der Waals surface area contributed by atoms with Crippen molar-refractivity contribution in [2.24, 2.45) is 0 Å². The second-order valence-corrected chi connectivity index (χ2v) is 5.70. The van der Waals surface area contributed by atoms with Crippen molar-refractivity contribution in [1.82, 2.24) is 10.1 Å². The summed E-state index contributed by atoms with van der Waals surface area (Å²) in [6, 6.07) is 6.90. The summed E-state index contributed by atoms with van der Waals surface area (Å²) in [5, 5.41) is 9.49. The third kappa shape index (κ3) is 2.96. The zero-order valence-corrected chi connectivity index (χ0v) is 12.7. The van der Waals surface area contributed by atoms with Crippen LogP contribution in [0.15, 0.2) is 28.8 Å². The summed E-state index contributed by atoms with van der Waals surface area (Å²) in [5.74, 6) is -0.407. The number of amides is 2. The van der Waals surface area contributed by atoms with E-state index in [9.17, 15) is 9.59 Å². The van der Waals surface area contributed by atoms with Gasteiger partial charge < -0.3 is 9.84 Å². The van der Waals surface area contributed by atoms with E-state index in [1.807, 2.05) is 6.07 Å². The van der Waals surface area contributed by atoms with E-state index in [0.29, 0.717) is 16.5 Å². The van der Waals surface area contributed by atoms with Crippen LogP contribution in [0.1, 0.15) is 23.2 Å². The number of hydrogen-bond donors (Lipinski definition) is 2. The van der Waals surface area contributed by atoms with Crippen molar-refractivity contribution in [2.75, 3.05) is 10.6 Å². The minimum Gasteiger partial charge on any atom is -0.351 e. The minimum atomic E-state index is -0.401. The van der Waals surface area contributed by atoms with Gasteiger partial charge in [0.05, 0.1) is 15.9 Å². The van der Waals surface area contributed by atoms with E-state index in [1.54, 1.807) is 25.1 Å². The number of carbonyl (C=O) groups excluding carboxylic acids is 2. The number of carbonyl (C=O) groups is 2. The molecule has 0 atom stereocenters. The van der Waals surface area contributed by atoms with E-state index in [0.717, 1.165) is 10.2 Å². The number of aromatic nitrogens is 2. The van der Waals surface area contributed by atoms with Gasteiger partial charge in [-0.05, 0) is 25.1 Å². The van der Waals surface area contributed by atoms with Crippen molar-refractivity contribution in [1.29, 1.82) is 0 Å². The highest BCUT2D eigenvalue weighted by atomic mass is 32.1. The molecule has 2 N–H and O–H groups in total. The molecule has 0 saturated heterocycles. The Balaban J connectivity index is 1.82. The predicted octanol–water partition coefficient (Wildman–Crippen LogP) is 2.80. The maximum Gasteiger partial charge on any atom is 0.296 e. The molecule has 0 aliphatic heterocycles. The van der Waals surface area contributed by atoms with Crippen LogP contribution in [0.2, 0.25) is 0 Å². The molecule has 7 nitrogen and oxygen atoms in total. The molecule has 112 valence electrons. The number of hydrogen-bond acceptors (Lipinski definition) is 6. The van der Waals surface area contributed by atoms with Crippen LogP contribution in [0.5, 0.6) is 0 Å². The molecular weight excluding hydrogens is 304 g/mol. The van der Waals surface area contributed by atoms with E-state index in [4.69, 9.17) is 4.52 Å². The first-order valence-electron chi connectivity index (χ1n) is 6.44. The number of thiazole rings is 1. The van der Waals surface area contributed by atoms with Crippen molar-refractivity contribution in [3.05, 3.63) is 35.7 Å². The van der Waals surface area contributed by atoms with Crippen LogP contribution in [0.3, 0.4) is 0 Å². The predicted molar refractivity (Wildman–Crippen MR) is 83.1 cm³/mol. The summed E-state index contributed by atoms with van der Waals surface area (Å²) in [5.41, 5.74) is 2.06. The smallest absolute Gasteiger partial charge is 0.296 e. The van der Waals surface area contributed by atoms with Gasteiger partial charge in [0.25, 0.3) is 5.91 Å². The maximum absolute atomic E-state index is 12.0. The quantitative estimate of drug-likeness (QED) is 0.774. The summed E-state index contributed by atoms with van der Waals surface area (Å²) in [6.07, 6.45) is 0. The average Bonchev–Trinajstić information content (AvgIpc) is 3.03. The highest BCUT2D eigenvalue weighted by Crippen LogP contribution is 2.28. The minimum absolute atomic E-state index is 0.135. The molecule has 1 aromatic carbocycles. The van der Waals surface area contributed by atoms with Gasteiger partial charge in [-0.3, -0.25) is 14.9 Å². The van der Waals surface area contributed by atoms with Gasteiger partial charge in [-0.2, -0.15) is 0 Å². The van der Waals surface area contributed by atoms with E-state index >= 15 is 0 Å². The summed E-state index contributed by atoms with van der Waals surface area (Å²) in [6.45, 7) is 3.18. The van der Waals surface area contributed by atoms with E-state index < -0.39 is 5.91 Å². The summed E-state index contributed by atoms with van der Waals surface area (Å²) < 4.78 is 5.76. The fourth-order valence-corrected chi connectivity index (χ4v) is 2.79. The monoisotopic (exact) mass is 316 g/mol. The fourth-order valence-electron chi connectivity index (χ4n) is 1.89. The number of fused-ring (bicyclic) bond motifs is 1. The Morgan fingerprint density at radius 2 is 2.05 bits per heavy atom. The highest BCUT2D eigenvalue weighted by Gasteiger charge is 2.14. The molecule has 0 fully saturated rings. The molecule has 22 heavy (non-hydrogen) atoms. The molecule has 3 aromatic rings. The van der Waals surface area contributed by atoms with Crippen molar-refractivity contribution >= 4 is 44.2 Å². The fraction of sp³-hybridized carbons (Fsp3) is 0.143. The van der Waals surface area contributed by atoms with Gasteiger partial charge in [-0.15, -0.1) is 0 Å². The third-order valence-corrected chi connectivity index (χ3v) is 3.71. The van der Waals surface area contributed by atoms with Crippen LogP contribution in [0.25, 0.3) is 10.2 Å². The van der Waals surface area contributed by atoms with Gasteiger partial charge in [0.2, 0.25) is 11.7 Å². The molecule has 0 aliphatic carbocycles. The van der Waals surface area contributed by atoms with Crippen molar-refractivity contribution < 1.29 is 14.1 Å². The zero-order chi connectivity index (χ0) is 15.7. The Hall–Kier alpha value is -2.74. The first kappa shape index (κ1) is 14.2. The van der Waals surface area contributed by atoms with Gasteiger partial charge in [-0.25, -0.2) is 4.98 Å². The van der Waals surface area contributed by atoms with Gasteiger partial charge >= 0.3 is 0 Å². The Morgan fingerprint density at radius 3 is 2.73 bits per heavy atom. The molecule has 0 saturated carbocycles. The molecule has 0 spiro atoms. The molecule has 0 aliphatic rings. The second-order valence-electron chi connectivity index (χ2n) is 4.67. The van der Waals surface area contributed by atoms with Crippen molar-refractivity contribution in [3.63, 3.8) is 0 Å². The molecule has 0 radical (unpaired) electrons. The number of nitrogens with zero attached hydrogens (tertiary/aromatic N) is 2. The molecule has 2 aromatic heterocycles. The Bertz CT molecular complexity index is 868. The number of aryl methyl sites for hydroxylation is 1. The molecule has 8 heteroatoms.